The molecule has 0 atom stereocenters. The third-order valence-corrected chi connectivity index (χ3v) is 5.59. The minimum Gasteiger partial charge on any atom is -0.490 e. The van der Waals surface area contributed by atoms with Gasteiger partial charge in [-0.25, -0.2) is 4.98 Å². The number of nitrogens with zero attached hydrogens (tertiary/aromatic N) is 3. The van der Waals surface area contributed by atoms with Crippen LogP contribution >= 0.6 is 31.9 Å². The predicted octanol–water partition coefficient (Wildman–Crippen LogP) is 5.43. The third kappa shape index (κ3) is 5.27. The van der Waals surface area contributed by atoms with E-state index in [-0.39, 0.29) is 5.56 Å². The van der Waals surface area contributed by atoms with E-state index in [9.17, 15) is 9.59 Å². The monoisotopic (exact) mass is 563 g/mol. The number of aromatic nitrogens is 2. The van der Waals surface area contributed by atoms with Crippen LogP contribution in [0.2, 0.25) is 0 Å². The summed E-state index contributed by atoms with van der Waals surface area (Å²) >= 11 is 6.88. The lowest BCUT2D eigenvalue weighted by Crippen LogP contribution is -2.29. The van der Waals surface area contributed by atoms with E-state index in [1.807, 2.05) is 39.8 Å². The smallest absolute Gasteiger partial charge is 0.308 e. The van der Waals surface area contributed by atoms with Gasteiger partial charge in [-0.05, 0) is 53.2 Å². The molecule has 3 rings (SSSR count). The van der Waals surface area contributed by atoms with Crippen LogP contribution in [0.25, 0.3) is 10.9 Å². The van der Waals surface area contributed by atoms with Crippen LogP contribution in [0, 0.1) is 0 Å². The van der Waals surface area contributed by atoms with Crippen molar-refractivity contribution in [3.63, 3.8) is 0 Å². The van der Waals surface area contributed by atoms with Crippen molar-refractivity contribution in [1.29, 1.82) is 0 Å². The van der Waals surface area contributed by atoms with Gasteiger partial charge in [0.15, 0.2) is 11.5 Å². The van der Waals surface area contributed by atoms with Crippen LogP contribution < -0.4 is 15.0 Å². The van der Waals surface area contributed by atoms with E-state index in [1.54, 1.807) is 24.4 Å². The predicted molar refractivity (Wildman–Crippen MR) is 132 cm³/mol. The molecular weight excluding hydrogens is 542 g/mol. The van der Waals surface area contributed by atoms with Gasteiger partial charge in [0, 0.05) is 26.8 Å². The molecule has 0 fully saturated rings. The van der Waals surface area contributed by atoms with Crippen LogP contribution in [-0.4, -0.2) is 28.5 Å². The molecule has 0 radical (unpaired) electrons. The second-order valence-corrected chi connectivity index (χ2v) is 9.83. The highest BCUT2D eigenvalue weighted by Gasteiger charge is 2.23. The highest BCUT2D eigenvalue weighted by Crippen LogP contribution is 2.33. The van der Waals surface area contributed by atoms with Crippen LogP contribution in [0.5, 0.6) is 11.5 Å². The van der Waals surface area contributed by atoms with Crippen LogP contribution in [0.4, 0.5) is 0 Å². The molecule has 7 nitrogen and oxygen atoms in total. The topological polar surface area (TPSA) is 82.8 Å². The Labute approximate surface area is 202 Å². The Morgan fingerprint density at radius 3 is 2.53 bits per heavy atom. The average molecular weight is 565 g/mol. The van der Waals surface area contributed by atoms with E-state index in [2.05, 4.69) is 37.0 Å². The summed E-state index contributed by atoms with van der Waals surface area (Å²) in [5, 5.41) is 4.94. The van der Waals surface area contributed by atoms with Gasteiger partial charge in [-0.1, -0.05) is 36.7 Å². The van der Waals surface area contributed by atoms with Crippen LogP contribution in [-0.2, 0) is 10.2 Å². The van der Waals surface area contributed by atoms with Gasteiger partial charge < -0.3 is 9.47 Å². The second kappa shape index (κ2) is 9.54. The van der Waals surface area contributed by atoms with Gasteiger partial charge in [0.1, 0.15) is 5.82 Å². The van der Waals surface area contributed by atoms with Gasteiger partial charge in [-0.2, -0.15) is 9.78 Å². The molecule has 1 heterocycles. The van der Waals surface area contributed by atoms with Crippen LogP contribution in [0.15, 0.2) is 49.2 Å². The Hall–Kier alpha value is -2.52. The SMILES string of the molecule is CCOc1cc(C=Nn2c(C(C)(C)C)nc3ccc(Br)cc3c2=O)c(Br)cc1OC(C)=O. The van der Waals surface area contributed by atoms with E-state index >= 15 is 0 Å². The molecule has 168 valence electrons. The fourth-order valence-corrected chi connectivity index (χ4v) is 3.80. The normalized spacial score (nSPS) is 11.8. The zero-order valence-electron chi connectivity index (χ0n) is 18.4. The second-order valence-electron chi connectivity index (χ2n) is 8.06. The molecule has 32 heavy (non-hydrogen) atoms. The van der Waals surface area contributed by atoms with Gasteiger partial charge in [0.2, 0.25) is 0 Å². The number of fused-ring (bicyclic) bond motifs is 1. The minimum absolute atomic E-state index is 0.268. The summed E-state index contributed by atoms with van der Waals surface area (Å²) in [6.07, 6.45) is 1.55. The summed E-state index contributed by atoms with van der Waals surface area (Å²) in [5.74, 6) is 0.782. The summed E-state index contributed by atoms with van der Waals surface area (Å²) in [4.78, 5) is 29.4. The Balaban J connectivity index is 2.17. The maximum Gasteiger partial charge on any atom is 0.308 e. The summed E-state index contributed by atoms with van der Waals surface area (Å²) in [5.41, 5.74) is 0.561. The van der Waals surface area contributed by atoms with Gasteiger partial charge in [-0.3, -0.25) is 9.59 Å². The molecule has 0 aliphatic rings. The van der Waals surface area contributed by atoms with Gasteiger partial charge in [-0.15, -0.1) is 0 Å². The van der Waals surface area contributed by atoms with Crippen molar-refractivity contribution in [3.05, 3.63) is 61.0 Å². The van der Waals surface area contributed by atoms with E-state index < -0.39 is 11.4 Å². The van der Waals surface area contributed by atoms with Crippen molar-refractivity contribution < 1.29 is 14.3 Å². The largest absolute Gasteiger partial charge is 0.490 e. The third-order valence-electron chi connectivity index (χ3n) is 4.41. The molecule has 0 bridgehead atoms. The van der Waals surface area contributed by atoms with Crippen LogP contribution in [0.1, 0.15) is 46.0 Å². The number of hydrogen-bond donors (Lipinski definition) is 0. The Kier molecular flexibility index (Phi) is 7.19. The summed E-state index contributed by atoms with van der Waals surface area (Å²) in [7, 11) is 0. The summed E-state index contributed by atoms with van der Waals surface area (Å²) in [6, 6.07) is 8.73. The number of hydrogen-bond acceptors (Lipinski definition) is 6. The number of esters is 1. The fraction of sp³-hybridized carbons (Fsp3) is 0.304. The lowest BCUT2D eigenvalue weighted by atomic mass is 9.95. The highest BCUT2D eigenvalue weighted by molar-refractivity contribution is 9.10. The van der Waals surface area contributed by atoms with Crippen molar-refractivity contribution in [2.75, 3.05) is 6.61 Å². The van der Waals surface area contributed by atoms with Crippen molar-refractivity contribution in [3.8, 4) is 11.5 Å². The number of benzene rings is 2. The molecule has 0 spiro atoms. The number of carbonyl (C=O) groups excluding carboxylic acids is 1. The molecule has 2 aromatic carbocycles. The lowest BCUT2D eigenvalue weighted by molar-refractivity contribution is -0.132. The van der Waals surface area contributed by atoms with E-state index in [0.717, 1.165) is 4.47 Å². The quantitative estimate of drug-likeness (QED) is 0.234. The van der Waals surface area contributed by atoms with Gasteiger partial charge >= 0.3 is 5.97 Å². The first-order valence-electron chi connectivity index (χ1n) is 9.93. The molecule has 3 aromatic rings. The zero-order chi connectivity index (χ0) is 23.6. The highest BCUT2D eigenvalue weighted by atomic mass is 79.9. The first kappa shape index (κ1) is 24.1. The molecule has 0 saturated carbocycles. The number of halogens is 2. The van der Waals surface area contributed by atoms with Crippen molar-refractivity contribution in [1.82, 2.24) is 9.66 Å². The zero-order valence-corrected chi connectivity index (χ0v) is 21.6. The Bertz CT molecular complexity index is 1280. The van der Waals surface area contributed by atoms with E-state index in [4.69, 9.17) is 14.5 Å². The lowest BCUT2D eigenvalue weighted by Gasteiger charge is -2.21. The molecule has 1 aromatic heterocycles. The Morgan fingerprint density at radius 1 is 1.19 bits per heavy atom. The summed E-state index contributed by atoms with van der Waals surface area (Å²) < 4.78 is 13.6. The molecule has 0 aliphatic heterocycles. The standard InChI is InChI=1S/C23H23Br2N3O4/c1-6-31-19-9-14(17(25)11-20(19)32-13(2)29)12-26-28-21(30)16-10-15(24)7-8-18(16)27-22(28)23(3,4)5/h7-12H,6H2,1-5H3. The first-order chi connectivity index (χ1) is 15.0. The van der Waals surface area contributed by atoms with Crippen molar-refractivity contribution in [2.24, 2.45) is 5.10 Å². The maximum atomic E-state index is 13.3. The molecule has 0 unspecified atom stereocenters. The summed E-state index contributed by atoms with van der Waals surface area (Å²) in [6.45, 7) is 9.48. The average Bonchev–Trinajstić information content (AvgIpc) is 2.69. The minimum atomic E-state index is -0.450. The molecule has 0 amide bonds. The molecule has 9 heteroatoms. The van der Waals surface area contributed by atoms with E-state index in [0.29, 0.717) is 44.9 Å². The number of rotatable bonds is 5. The Morgan fingerprint density at radius 2 is 1.91 bits per heavy atom. The number of carbonyl (C=O) groups is 1. The molecule has 0 N–H and O–H groups in total. The van der Waals surface area contributed by atoms with Crippen molar-refractivity contribution >= 4 is 54.9 Å². The molecule has 0 aliphatic carbocycles. The fourth-order valence-electron chi connectivity index (χ4n) is 3.01. The molecule has 0 saturated heterocycles. The van der Waals surface area contributed by atoms with Gasteiger partial charge in [0.05, 0.1) is 23.7 Å². The van der Waals surface area contributed by atoms with Crippen molar-refractivity contribution in [2.45, 2.75) is 40.0 Å². The first-order valence-corrected chi connectivity index (χ1v) is 11.5. The molecular formula is C23H23Br2N3O4. The van der Waals surface area contributed by atoms with Crippen LogP contribution in [0.3, 0.4) is 0 Å². The number of ether oxygens (including phenoxy) is 2. The maximum absolute atomic E-state index is 13.3. The van der Waals surface area contributed by atoms with E-state index in [1.165, 1.54) is 11.6 Å². The van der Waals surface area contributed by atoms with Gasteiger partial charge in [0.25, 0.3) is 5.56 Å².